The largest absolute Gasteiger partial charge is 0.497 e. The smallest absolute Gasteiger partial charge is 0.249 e. The maximum atomic E-state index is 12.5. The number of carbonyl (C=O) groups is 1. The summed E-state index contributed by atoms with van der Waals surface area (Å²) in [6.45, 7) is 7.86. The van der Waals surface area contributed by atoms with E-state index in [1.807, 2.05) is 12.1 Å². The molecule has 27 heavy (non-hydrogen) atoms. The number of nitrogens with zero attached hydrogens (tertiary/aromatic N) is 1. The Balaban J connectivity index is 1.56. The van der Waals surface area contributed by atoms with Crippen LogP contribution >= 0.6 is 0 Å². The maximum absolute atomic E-state index is 12.5. The van der Waals surface area contributed by atoms with Crippen LogP contribution < -0.4 is 10.1 Å². The fourth-order valence-corrected chi connectivity index (χ4v) is 3.92. The minimum absolute atomic E-state index is 0.00328. The zero-order valence-corrected chi connectivity index (χ0v) is 16.7. The van der Waals surface area contributed by atoms with E-state index >= 15 is 0 Å². The zero-order valence-electron chi connectivity index (χ0n) is 16.7. The van der Waals surface area contributed by atoms with Crippen molar-refractivity contribution in [1.29, 1.82) is 0 Å². The number of ether oxygens (including phenoxy) is 3. The number of hydrogen-bond donors (Lipinski definition) is 1. The lowest BCUT2D eigenvalue weighted by Crippen LogP contribution is -2.52. The molecule has 150 valence electrons. The summed E-state index contributed by atoms with van der Waals surface area (Å²) in [5.74, 6) is 0.865. The van der Waals surface area contributed by atoms with Crippen LogP contribution in [0, 0.1) is 0 Å². The second-order valence-corrected chi connectivity index (χ2v) is 7.62. The molecule has 2 saturated heterocycles. The molecule has 0 saturated carbocycles. The van der Waals surface area contributed by atoms with Crippen LogP contribution in [-0.2, 0) is 20.8 Å². The number of nitrogens with one attached hydrogen (secondary N) is 1. The molecular weight excluding hydrogens is 344 g/mol. The van der Waals surface area contributed by atoms with E-state index in [9.17, 15) is 4.79 Å². The summed E-state index contributed by atoms with van der Waals surface area (Å²) in [6, 6.07) is 8.39. The van der Waals surface area contributed by atoms with Crippen LogP contribution in [0.25, 0.3) is 0 Å². The highest BCUT2D eigenvalue weighted by molar-refractivity contribution is 5.81. The maximum Gasteiger partial charge on any atom is 0.249 e. The summed E-state index contributed by atoms with van der Waals surface area (Å²) in [7, 11) is 1.68. The van der Waals surface area contributed by atoms with Crippen LogP contribution in [0.15, 0.2) is 24.3 Å². The first-order valence-electron chi connectivity index (χ1n) is 9.98. The van der Waals surface area contributed by atoms with Gasteiger partial charge in [0.05, 0.1) is 20.3 Å². The average molecular weight is 376 g/mol. The molecule has 3 rings (SSSR count). The van der Waals surface area contributed by atoms with Crippen LogP contribution in [0.4, 0.5) is 0 Å². The van der Waals surface area contributed by atoms with Gasteiger partial charge in [0, 0.05) is 32.1 Å². The van der Waals surface area contributed by atoms with E-state index in [4.69, 9.17) is 14.2 Å². The van der Waals surface area contributed by atoms with E-state index in [1.54, 1.807) is 7.11 Å². The van der Waals surface area contributed by atoms with Gasteiger partial charge >= 0.3 is 0 Å². The third kappa shape index (κ3) is 5.00. The number of rotatable bonds is 7. The van der Waals surface area contributed by atoms with E-state index in [-0.39, 0.29) is 17.6 Å². The Bertz CT molecular complexity index is 617. The van der Waals surface area contributed by atoms with Gasteiger partial charge in [-0.25, -0.2) is 0 Å². The predicted octanol–water partition coefficient (Wildman–Crippen LogP) is 2.36. The van der Waals surface area contributed by atoms with Crippen molar-refractivity contribution in [2.45, 2.75) is 57.4 Å². The lowest BCUT2D eigenvalue weighted by atomic mass is 9.96. The van der Waals surface area contributed by atoms with E-state index < -0.39 is 6.10 Å². The van der Waals surface area contributed by atoms with Gasteiger partial charge in [0.15, 0.2) is 0 Å². The van der Waals surface area contributed by atoms with Crippen molar-refractivity contribution in [3.63, 3.8) is 0 Å². The number of amides is 1. The quantitative estimate of drug-likeness (QED) is 0.792. The third-order valence-electron chi connectivity index (χ3n) is 5.62. The zero-order chi connectivity index (χ0) is 19.3. The van der Waals surface area contributed by atoms with Crippen molar-refractivity contribution in [3.8, 4) is 5.75 Å². The SMILES string of the molecule is CCC(CC)NC(=O)C1CC2(CO1)CN(Cc1ccc(OC)cc1)CCO2. The monoisotopic (exact) mass is 376 g/mol. The van der Waals surface area contributed by atoms with E-state index in [0.29, 0.717) is 19.6 Å². The highest BCUT2D eigenvalue weighted by Crippen LogP contribution is 2.32. The molecule has 0 bridgehead atoms. The molecule has 1 N–H and O–H groups in total. The number of methoxy groups -OCH3 is 1. The first-order valence-corrected chi connectivity index (χ1v) is 9.98. The van der Waals surface area contributed by atoms with Crippen molar-refractivity contribution in [2.24, 2.45) is 0 Å². The molecular formula is C21H32N2O4. The summed E-state index contributed by atoms with van der Waals surface area (Å²) >= 11 is 0. The highest BCUT2D eigenvalue weighted by Gasteiger charge is 2.46. The van der Waals surface area contributed by atoms with Gasteiger partial charge in [0.25, 0.3) is 0 Å². The van der Waals surface area contributed by atoms with E-state index in [2.05, 4.69) is 36.2 Å². The Morgan fingerprint density at radius 3 is 2.74 bits per heavy atom. The molecule has 0 aromatic heterocycles. The molecule has 2 aliphatic heterocycles. The minimum Gasteiger partial charge on any atom is -0.497 e. The van der Waals surface area contributed by atoms with Gasteiger partial charge in [0.2, 0.25) is 5.91 Å². The Morgan fingerprint density at radius 1 is 1.33 bits per heavy atom. The molecule has 2 heterocycles. The number of hydrogen-bond acceptors (Lipinski definition) is 5. The van der Waals surface area contributed by atoms with Crippen LogP contribution in [0.5, 0.6) is 5.75 Å². The van der Waals surface area contributed by atoms with Crippen molar-refractivity contribution in [2.75, 3.05) is 33.4 Å². The fourth-order valence-electron chi connectivity index (χ4n) is 3.92. The first-order chi connectivity index (χ1) is 13.1. The fraction of sp³-hybridized carbons (Fsp3) is 0.667. The van der Waals surface area contributed by atoms with E-state index in [1.165, 1.54) is 5.56 Å². The molecule has 1 amide bonds. The standard InChI is InChI=1S/C21H32N2O4/c1-4-17(5-2)22-20(24)19-12-21(15-26-19)14-23(10-11-27-21)13-16-6-8-18(25-3)9-7-16/h6-9,17,19H,4-5,10-15H2,1-3H3,(H,22,24). The Kier molecular flexibility index (Phi) is 6.73. The lowest BCUT2D eigenvalue weighted by Gasteiger charge is -2.39. The van der Waals surface area contributed by atoms with Gasteiger partial charge in [-0.2, -0.15) is 0 Å². The summed E-state index contributed by atoms with van der Waals surface area (Å²) in [5.41, 5.74) is 0.871. The lowest BCUT2D eigenvalue weighted by molar-refractivity contribution is -0.130. The molecule has 1 spiro atoms. The Morgan fingerprint density at radius 2 is 2.07 bits per heavy atom. The van der Waals surface area contributed by atoms with E-state index in [0.717, 1.165) is 38.2 Å². The van der Waals surface area contributed by atoms with Gasteiger partial charge in [-0.15, -0.1) is 0 Å². The molecule has 2 unspecified atom stereocenters. The van der Waals surface area contributed by atoms with Crippen LogP contribution in [0.2, 0.25) is 0 Å². The molecule has 0 aliphatic carbocycles. The van der Waals surface area contributed by atoms with Gasteiger partial charge in [-0.05, 0) is 30.5 Å². The normalized spacial score (nSPS) is 25.9. The number of morpholine rings is 1. The Hall–Kier alpha value is -1.63. The van der Waals surface area contributed by atoms with Crippen LogP contribution in [0.1, 0.15) is 38.7 Å². The van der Waals surface area contributed by atoms with Gasteiger partial charge in [0.1, 0.15) is 17.5 Å². The van der Waals surface area contributed by atoms with Gasteiger partial charge in [-0.1, -0.05) is 26.0 Å². The minimum atomic E-state index is -0.411. The average Bonchev–Trinajstić information content (AvgIpc) is 3.09. The summed E-state index contributed by atoms with van der Waals surface area (Å²) in [5, 5.41) is 3.10. The summed E-state index contributed by atoms with van der Waals surface area (Å²) in [4.78, 5) is 14.9. The summed E-state index contributed by atoms with van der Waals surface area (Å²) in [6.07, 6.45) is 2.09. The topological polar surface area (TPSA) is 60.0 Å². The molecule has 6 nitrogen and oxygen atoms in total. The second kappa shape index (κ2) is 9.04. The molecule has 2 atom stereocenters. The Labute approximate surface area is 162 Å². The highest BCUT2D eigenvalue weighted by atomic mass is 16.6. The molecule has 2 fully saturated rings. The summed E-state index contributed by atoms with van der Waals surface area (Å²) < 4.78 is 17.2. The van der Waals surface area contributed by atoms with Gasteiger partial charge < -0.3 is 19.5 Å². The number of benzene rings is 1. The van der Waals surface area contributed by atoms with Crippen molar-refractivity contribution in [3.05, 3.63) is 29.8 Å². The van der Waals surface area contributed by atoms with Crippen LogP contribution in [-0.4, -0.2) is 62.0 Å². The van der Waals surface area contributed by atoms with Crippen molar-refractivity contribution < 1.29 is 19.0 Å². The van der Waals surface area contributed by atoms with Gasteiger partial charge in [-0.3, -0.25) is 9.69 Å². The van der Waals surface area contributed by atoms with Crippen molar-refractivity contribution >= 4 is 5.91 Å². The number of carbonyl (C=O) groups excluding carboxylic acids is 1. The first kappa shape index (κ1) is 20.1. The second-order valence-electron chi connectivity index (χ2n) is 7.62. The molecule has 0 radical (unpaired) electrons. The molecule has 1 aromatic rings. The van der Waals surface area contributed by atoms with Crippen molar-refractivity contribution in [1.82, 2.24) is 10.2 Å². The van der Waals surface area contributed by atoms with Crippen LogP contribution in [0.3, 0.4) is 0 Å². The molecule has 1 aromatic carbocycles. The molecule has 6 heteroatoms. The predicted molar refractivity (Wildman–Crippen MR) is 104 cm³/mol. The molecule has 2 aliphatic rings. The third-order valence-corrected chi connectivity index (χ3v) is 5.62.